The van der Waals surface area contributed by atoms with Gasteiger partial charge in [-0.3, -0.25) is 19.3 Å². The van der Waals surface area contributed by atoms with Crippen molar-refractivity contribution in [2.24, 2.45) is 0 Å². The maximum atomic E-state index is 11.9. The first-order valence-electron chi connectivity index (χ1n) is 6.92. The Hall–Kier alpha value is -1.97. The van der Waals surface area contributed by atoms with Gasteiger partial charge < -0.3 is 5.32 Å². The average Bonchev–Trinajstić information content (AvgIpc) is 2.86. The van der Waals surface area contributed by atoms with Crippen molar-refractivity contribution in [1.82, 2.24) is 15.1 Å². The molecule has 2 aliphatic rings. The minimum absolute atomic E-state index is 0.00227. The van der Waals surface area contributed by atoms with Crippen molar-refractivity contribution in [3.05, 3.63) is 0 Å². The number of amides is 5. The molecule has 0 aromatic rings. The van der Waals surface area contributed by atoms with Crippen LogP contribution in [0.1, 0.15) is 19.8 Å². The zero-order valence-corrected chi connectivity index (χ0v) is 12.9. The van der Waals surface area contributed by atoms with E-state index in [0.29, 0.717) is 17.7 Å². The van der Waals surface area contributed by atoms with E-state index in [1.54, 1.807) is 6.92 Å². The van der Waals surface area contributed by atoms with Gasteiger partial charge in [-0.1, -0.05) is 6.92 Å². The number of rotatable bonds is 5. The summed E-state index contributed by atoms with van der Waals surface area (Å²) in [4.78, 5) is 48.5. The molecule has 0 bridgehead atoms. The second-order valence-corrected chi connectivity index (χ2v) is 7.53. The van der Waals surface area contributed by atoms with Gasteiger partial charge in [-0.05, 0) is 12.8 Å². The minimum atomic E-state index is -3.14. The molecule has 122 valence electrons. The number of hydrogen-bond donors (Lipinski definition) is 1. The summed E-state index contributed by atoms with van der Waals surface area (Å²) in [6.07, 6.45) is 0.807. The fraction of sp³-hybridized carbons (Fsp3) is 0.667. The number of carbonyl (C=O) groups is 4. The fourth-order valence-corrected chi connectivity index (χ4v) is 4.11. The molecule has 2 fully saturated rings. The molecule has 5 amide bonds. The van der Waals surface area contributed by atoms with Gasteiger partial charge in [-0.2, -0.15) is 0 Å². The lowest BCUT2D eigenvalue weighted by Crippen LogP contribution is -2.45. The molecule has 0 aliphatic carbocycles. The van der Waals surface area contributed by atoms with Crippen LogP contribution < -0.4 is 5.32 Å². The first-order chi connectivity index (χ1) is 10.2. The van der Waals surface area contributed by atoms with Crippen molar-refractivity contribution in [3.63, 3.8) is 0 Å². The quantitative estimate of drug-likeness (QED) is 0.483. The van der Waals surface area contributed by atoms with E-state index in [2.05, 4.69) is 5.32 Å². The van der Waals surface area contributed by atoms with Crippen molar-refractivity contribution in [2.75, 3.05) is 24.6 Å². The molecular formula is C12H17N3O6S. The maximum Gasteiger partial charge on any atom is 0.334 e. The molecular weight excluding hydrogens is 314 g/mol. The molecule has 1 atom stereocenters. The highest BCUT2D eigenvalue weighted by molar-refractivity contribution is 7.91. The molecule has 1 N–H and O–H groups in total. The summed E-state index contributed by atoms with van der Waals surface area (Å²) in [7, 11) is -3.14. The minimum Gasteiger partial charge on any atom is -0.351 e. The van der Waals surface area contributed by atoms with Gasteiger partial charge in [0.05, 0.1) is 11.5 Å². The van der Waals surface area contributed by atoms with Gasteiger partial charge in [-0.25, -0.2) is 18.1 Å². The summed E-state index contributed by atoms with van der Waals surface area (Å²) in [5.41, 5.74) is 0. The van der Waals surface area contributed by atoms with E-state index in [0.717, 1.165) is 4.90 Å². The molecule has 0 aromatic heterocycles. The molecule has 0 unspecified atom stereocenters. The van der Waals surface area contributed by atoms with Gasteiger partial charge >= 0.3 is 17.8 Å². The van der Waals surface area contributed by atoms with Crippen LogP contribution in [0.4, 0.5) is 4.79 Å². The number of nitrogens with one attached hydrogen (secondary N) is 1. The van der Waals surface area contributed by atoms with Crippen LogP contribution in [0.25, 0.3) is 0 Å². The van der Waals surface area contributed by atoms with Crippen molar-refractivity contribution in [1.29, 1.82) is 0 Å². The van der Waals surface area contributed by atoms with Crippen LogP contribution in [0, 0.1) is 0 Å². The normalized spacial score (nSPS) is 24.2. The Labute approximate surface area is 127 Å². The zero-order valence-electron chi connectivity index (χ0n) is 12.1. The maximum absolute atomic E-state index is 11.9. The topological polar surface area (TPSA) is 121 Å². The van der Waals surface area contributed by atoms with Gasteiger partial charge in [0, 0.05) is 12.6 Å². The van der Waals surface area contributed by atoms with Gasteiger partial charge in [0.15, 0.2) is 9.84 Å². The van der Waals surface area contributed by atoms with Gasteiger partial charge in [-0.15, -0.1) is 0 Å². The smallest absolute Gasteiger partial charge is 0.334 e. The third-order valence-electron chi connectivity index (χ3n) is 3.48. The van der Waals surface area contributed by atoms with E-state index in [4.69, 9.17) is 0 Å². The highest BCUT2D eigenvalue weighted by Gasteiger charge is 2.44. The molecule has 0 saturated carbocycles. The predicted molar refractivity (Wildman–Crippen MR) is 74.3 cm³/mol. The summed E-state index contributed by atoms with van der Waals surface area (Å²) < 4.78 is 22.6. The Balaban J connectivity index is 1.95. The fourth-order valence-electron chi connectivity index (χ4n) is 2.44. The molecule has 9 nitrogen and oxygen atoms in total. The molecule has 0 radical (unpaired) electrons. The van der Waals surface area contributed by atoms with Crippen molar-refractivity contribution < 1.29 is 27.6 Å². The summed E-state index contributed by atoms with van der Waals surface area (Å²) in [6.45, 7) is 1.28. The Bertz CT molecular complexity index is 629. The lowest BCUT2D eigenvalue weighted by Gasteiger charge is -2.16. The Morgan fingerprint density at radius 3 is 2.41 bits per heavy atom. The predicted octanol–water partition coefficient (Wildman–Crippen LogP) is -1.51. The molecule has 22 heavy (non-hydrogen) atoms. The standard InChI is InChI=1S/C12H17N3O6S/c1-2-4-14-10(17)11(18)15(12(14)19)6-9(16)13-8-3-5-22(20,21)7-8/h8H,2-7H2,1H3,(H,13,16)/t8-/m0/s1. The number of nitrogens with zero attached hydrogens (tertiary/aromatic N) is 2. The highest BCUT2D eigenvalue weighted by atomic mass is 32.2. The average molecular weight is 331 g/mol. The third kappa shape index (κ3) is 3.26. The first kappa shape index (κ1) is 16.4. The van der Waals surface area contributed by atoms with Gasteiger partial charge in [0.1, 0.15) is 6.54 Å². The lowest BCUT2D eigenvalue weighted by molar-refractivity contribution is -0.144. The number of sulfone groups is 1. The summed E-state index contributed by atoms with van der Waals surface area (Å²) in [5.74, 6) is -2.78. The molecule has 0 aromatic carbocycles. The van der Waals surface area contributed by atoms with Crippen LogP contribution in [0.15, 0.2) is 0 Å². The molecule has 0 spiro atoms. The molecule has 2 heterocycles. The monoisotopic (exact) mass is 331 g/mol. The van der Waals surface area contributed by atoms with E-state index in [1.807, 2.05) is 0 Å². The largest absolute Gasteiger partial charge is 0.351 e. The molecule has 2 rings (SSSR count). The third-order valence-corrected chi connectivity index (χ3v) is 5.25. The van der Waals surface area contributed by atoms with Crippen LogP contribution >= 0.6 is 0 Å². The van der Waals surface area contributed by atoms with Gasteiger partial charge in [0.2, 0.25) is 5.91 Å². The van der Waals surface area contributed by atoms with Crippen molar-refractivity contribution >= 4 is 33.6 Å². The van der Waals surface area contributed by atoms with Crippen LogP contribution in [0.5, 0.6) is 0 Å². The van der Waals surface area contributed by atoms with E-state index < -0.39 is 46.2 Å². The van der Waals surface area contributed by atoms with Gasteiger partial charge in [0.25, 0.3) is 0 Å². The van der Waals surface area contributed by atoms with Crippen LogP contribution in [-0.4, -0.2) is 72.6 Å². The molecule has 2 aliphatic heterocycles. The zero-order chi connectivity index (χ0) is 16.5. The van der Waals surface area contributed by atoms with E-state index >= 15 is 0 Å². The molecule has 10 heteroatoms. The lowest BCUT2D eigenvalue weighted by atomic mass is 10.2. The SMILES string of the molecule is CCCN1C(=O)C(=O)N(CC(=O)N[C@H]2CCS(=O)(=O)C2)C1=O. The number of urea groups is 1. The molecule has 2 saturated heterocycles. The Kier molecular flexibility index (Phi) is 4.50. The Morgan fingerprint density at radius 2 is 1.86 bits per heavy atom. The highest BCUT2D eigenvalue weighted by Crippen LogP contribution is 2.14. The Morgan fingerprint density at radius 1 is 1.23 bits per heavy atom. The second-order valence-electron chi connectivity index (χ2n) is 5.30. The van der Waals surface area contributed by atoms with Crippen molar-refractivity contribution in [3.8, 4) is 0 Å². The number of carbonyl (C=O) groups excluding carboxylic acids is 4. The van der Waals surface area contributed by atoms with E-state index in [1.165, 1.54) is 0 Å². The summed E-state index contributed by atoms with van der Waals surface area (Å²) >= 11 is 0. The van der Waals surface area contributed by atoms with E-state index in [9.17, 15) is 27.6 Å². The summed E-state index contributed by atoms with van der Waals surface area (Å²) in [5, 5.41) is 2.47. The summed E-state index contributed by atoms with van der Waals surface area (Å²) in [6, 6.07) is -1.33. The van der Waals surface area contributed by atoms with Crippen LogP contribution in [-0.2, 0) is 24.2 Å². The first-order valence-corrected chi connectivity index (χ1v) is 8.74. The second kappa shape index (κ2) is 6.03. The number of hydrogen-bond acceptors (Lipinski definition) is 6. The van der Waals surface area contributed by atoms with Crippen LogP contribution in [0.2, 0.25) is 0 Å². The van der Waals surface area contributed by atoms with Crippen molar-refractivity contribution in [2.45, 2.75) is 25.8 Å². The number of imide groups is 2. The van der Waals surface area contributed by atoms with Crippen LogP contribution in [0.3, 0.4) is 0 Å². The van der Waals surface area contributed by atoms with E-state index in [-0.39, 0.29) is 18.1 Å².